The van der Waals surface area contributed by atoms with Gasteiger partial charge in [0.2, 0.25) is 0 Å². The van der Waals surface area contributed by atoms with Crippen molar-refractivity contribution in [3.8, 4) is 0 Å². The number of urea groups is 1. The molecule has 1 aliphatic heterocycles. The van der Waals surface area contributed by atoms with Gasteiger partial charge >= 0.3 is 6.03 Å². The van der Waals surface area contributed by atoms with E-state index in [0.717, 1.165) is 63.6 Å². The molecule has 30 heavy (non-hydrogen) atoms. The first-order chi connectivity index (χ1) is 14.4. The lowest BCUT2D eigenvalue weighted by Gasteiger charge is -2.37. The van der Waals surface area contributed by atoms with Crippen molar-refractivity contribution < 1.29 is 13.2 Å². The summed E-state index contributed by atoms with van der Waals surface area (Å²) < 4.78 is 29.2. The van der Waals surface area contributed by atoms with Gasteiger partial charge in [-0.2, -0.15) is 13.5 Å². The quantitative estimate of drug-likeness (QED) is 0.747. The highest BCUT2D eigenvalue weighted by Crippen LogP contribution is 2.47. The Balaban J connectivity index is 1.28. The Bertz CT molecular complexity index is 1040. The van der Waals surface area contributed by atoms with E-state index in [-0.39, 0.29) is 5.03 Å². The number of fused-ring (bicyclic) bond motifs is 1. The highest BCUT2D eigenvalue weighted by Gasteiger charge is 2.35. The summed E-state index contributed by atoms with van der Waals surface area (Å²) in [4.78, 5) is 14.9. The molecular formula is C21H29N5O3S. The number of nitrogens with one attached hydrogen (secondary N) is 2. The first-order valence-corrected chi connectivity index (χ1v) is 12.4. The third-order valence-electron chi connectivity index (χ3n) is 7.13. The monoisotopic (exact) mass is 431 g/mol. The molecule has 0 aromatic carbocycles. The van der Waals surface area contributed by atoms with E-state index in [9.17, 15) is 13.2 Å². The van der Waals surface area contributed by atoms with Crippen LogP contribution in [-0.4, -0.2) is 48.8 Å². The van der Waals surface area contributed by atoms with Gasteiger partial charge in [-0.3, -0.25) is 4.68 Å². The number of rotatable bonds is 5. The van der Waals surface area contributed by atoms with Gasteiger partial charge in [0, 0.05) is 17.9 Å². The second-order valence-electron chi connectivity index (χ2n) is 8.99. The van der Waals surface area contributed by atoms with Crippen molar-refractivity contribution >= 4 is 16.1 Å². The number of likely N-dealkylation sites (tertiary alicyclic amines) is 1. The number of allylic oxidation sites excluding steroid dienone is 3. The summed E-state index contributed by atoms with van der Waals surface area (Å²) in [7, 11) is -1.97. The number of aromatic nitrogens is 2. The molecule has 8 nitrogen and oxygen atoms in total. The third kappa shape index (κ3) is 3.58. The molecular weight excluding hydrogens is 402 g/mol. The molecule has 162 valence electrons. The Hall–Kier alpha value is -2.13. The van der Waals surface area contributed by atoms with Crippen LogP contribution < -0.4 is 10.0 Å². The van der Waals surface area contributed by atoms with E-state index in [1.165, 1.54) is 22.8 Å². The zero-order valence-electron chi connectivity index (χ0n) is 17.4. The van der Waals surface area contributed by atoms with Crippen LogP contribution in [0.4, 0.5) is 4.79 Å². The highest BCUT2D eigenvalue weighted by molar-refractivity contribution is 7.90. The van der Waals surface area contributed by atoms with Gasteiger partial charge in [-0.1, -0.05) is 5.57 Å². The van der Waals surface area contributed by atoms with E-state index >= 15 is 0 Å². The molecule has 2 atom stereocenters. The molecule has 2 heterocycles. The van der Waals surface area contributed by atoms with Crippen molar-refractivity contribution in [2.24, 2.45) is 5.92 Å². The van der Waals surface area contributed by atoms with Crippen LogP contribution in [0, 0.1) is 5.92 Å². The van der Waals surface area contributed by atoms with Crippen LogP contribution in [0.2, 0.25) is 0 Å². The molecule has 0 bridgehead atoms. The maximum absolute atomic E-state index is 12.7. The molecule has 2 amide bonds. The van der Waals surface area contributed by atoms with Gasteiger partial charge in [-0.15, -0.1) is 0 Å². The third-order valence-corrected chi connectivity index (χ3v) is 8.36. The standard InChI is InChI=1S/C21H29N5O3S/c1-25-10-8-16(25)13-26-11-9-19(23-26)30(28,29)24-21(27)22-20-17-6-2-4-14(17)12-15-5-3-7-18(15)20/h9,11,14,16H,2-8,10,12-13H2,1H3,(H2,22,24,27)/t14?,16-/m0/s1. The van der Waals surface area contributed by atoms with Crippen molar-refractivity contribution in [1.82, 2.24) is 24.7 Å². The van der Waals surface area contributed by atoms with Crippen molar-refractivity contribution in [2.75, 3.05) is 13.6 Å². The van der Waals surface area contributed by atoms with E-state index in [0.29, 0.717) is 18.5 Å². The lowest BCUT2D eigenvalue weighted by molar-refractivity contribution is 0.106. The molecule has 0 spiro atoms. The number of likely N-dealkylation sites (N-methyl/N-ethyl adjacent to an activating group) is 1. The predicted octanol–water partition coefficient (Wildman–Crippen LogP) is 2.51. The van der Waals surface area contributed by atoms with Gasteiger partial charge in [0.1, 0.15) is 0 Å². The Kier molecular flexibility index (Phi) is 4.97. The van der Waals surface area contributed by atoms with Crippen LogP contribution in [0.25, 0.3) is 0 Å². The number of nitrogens with zero attached hydrogens (tertiary/aromatic N) is 3. The van der Waals surface area contributed by atoms with Gasteiger partial charge < -0.3 is 10.2 Å². The fourth-order valence-corrected chi connectivity index (χ4v) is 6.22. The molecule has 1 aromatic rings. The number of hydrogen-bond acceptors (Lipinski definition) is 5. The predicted molar refractivity (Wildman–Crippen MR) is 112 cm³/mol. The van der Waals surface area contributed by atoms with Crippen LogP contribution in [0.3, 0.4) is 0 Å². The summed E-state index contributed by atoms with van der Waals surface area (Å²) in [6, 6.07) is 1.13. The Morgan fingerprint density at radius 2 is 2.10 bits per heavy atom. The van der Waals surface area contributed by atoms with Crippen molar-refractivity contribution in [3.63, 3.8) is 0 Å². The molecule has 1 aromatic heterocycles. The average molecular weight is 432 g/mol. The number of sulfonamides is 1. The first-order valence-electron chi connectivity index (χ1n) is 10.9. The van der Waals surface area contributed by atoms with Crippen LogP contribution >= 0.6 is 0 Å². The normalized spacial score (nSPS) is 26.4. The van der Waals surface area contributed by atoms with Crippen LogP contribution in [0.15, 0.2) is 39.7 Å². The number of amides is 2. The molecule has 1 saturated carbocycles. The van der Waals surface area contributed by atoms with Gasteiger partial charge in [-0.25, -0.2) is 9.52 Å². The molecule has 1 saturated heterocycles. The van der Waals surface area contributed by atoms with E-state index in [4.69, 9.17) is 0 Å². The molecule has 9 heteroatoms. The summed E-state index contributed by atoms with van der Waals surface area (Å²) in [5.74, 6) is 0.508. The minimum absolute atomic E-state index is 0.125. The summed E-state index contributed by atoms with van der Waals surface area (Å²) in [5, 5.41) is 6.96. The number of carbonyl (C=O) groups is 1. The zero-order chi connectivity index (χ0) is 20.9. The average Bonchev–Trinajstić information content (AvgIpc) is 3.44. The Labute approximate surface area is 177 Å². The lowest BCUT2D eigenvalue weighted by atomic mass is 9.84. The number of carbonyl (C=O) groups excluding carboxylic acids is 1. The highest BCUT2D eigenvalue weighted by atomic mass is 32.2. The summed E-state index contributed by atoms with van der Waals surface area (Å²) >= 11 is 0. The SMILES string of the molecule is CN1CC[C@H]1Cn1ccc(S(=O)(=O)NC(=O)NC2=C3CCCC3CC3=C2CCC3)n1. The molecule has 5 rings (SSSR count). The molecule has 2 fully saturated rings. The Morgan fingerprint density at radius 3 is 2.87 bits per heavy atom. The van der Waals surface area contributed by atoms with Crippen LogP contribution in [0.1, 0.15) is 51.4 Å². The van der Waals surface area contributed by atoms with Crippen molar-refractivity contribution in [1.29, 1.82) is 0 Å². The van der Waals surface area contributed by atoms with Crippen LogP contribution in [-0.2, 0) is 16.6 Å². The minimum atomic E-state index is -4.02. The van der Waals surface area contributed by atoms with Crippen LogP contribution in [0.5, 0.6) is 0 Å². The van der Waals surface area contributed by atoms with Crippen molar-refractivity contribution in [3.05, 3.63) is 34.7 Å². The van der Waals surface area contributed by atoms with E-state index in [1.54, 1.807) is 10.9 Å². The second-order valence-corrected chi connectivity index (χ2v) is 10.6. The van der Waals surface area contributed by atoms with Gasteiger partial charge in [0.05, 0.1) is 6.54 Å². The smallest absolute Gasteiger partial charge is 0.307 e. The molecule has 4 aliphatic rings. The fourth-order valence-electron chi connectivity index (χ4n) is 5.37. The largest absolute Gasteiger partial charge is 0.333 e. The topological polar surface area (TPSA) is 96.3 Å². The van der Waals surface area contributed by atoms with E-state index < -0.39 is 16.1 Å². The maximum atomic E-state index is 12.7. The molecule has 1 unspecified atom stereocenters. The molecule has 3 aliphatic carbocycles. The summed E-state index contributed by atoms with van der Waals surface area (Å²) in [6.45, 7) is 1.70. The van der Waals surface area contributed by atoms with E-state index in [2.05, 4.69) is 20.0 Å². The molecule has 0 radical (unpaired) electrons. The fraction of sp³-hybridized carbons (Fsp3) is 0.619. The second kappa shape index (κ2) is 7.53. The van der Waals surface area contributed by atoms with Gasteiger partial charge in [0.15, 0.2) is 5.03 Å². The first kappa shape index (κ1) is 19.8. The zero-order valence-corrected chi connectivity index (χ0v) is 18.2. The lowest BCUT2D eigenvalue weighted by Crippen LogP contribution is -2.47. The minimum Gasteiger partial charge on any atom is -0.307 e. The van der Waals surface area contributed by atoms with E-state index in [1.807, 2.05) is 7.05 Å². The summed E-state index contributed by atoms with van der Waals surface area (Å²) in [5.41, 5.74) is 4.88. The summed E-state index contributed by atoms with van der Waals surface area (Å²) in [6.07, 6.45) is 10.3. The van der Waals surface area contributed by atoms with Gasteiger partial charge in [0.25, 0.3) is 10.0 Å². The maximum Gasteiger partial charge on any atom is 0.333 e. The molecule has 2 N–H and O–H groups in total. The van der Waals surface area contributed by atoms with Gasteiger partial charge in [-0.05, 0) is 88.1 Å². The van der Waals surface area contributed by atoms with Crippen molar-refractivity contribution in [2.45, 2.75) is 69.0 Å². The number of hydrogen-bond donors (Lipinski definition) is 2. The Morgan fingerprint density at radius 1 is 1.23 bits per heavy atom.